The molecule has 3 rings (SSSR count). The molecule has 2 heterocycles. The second-order valence-corrected chi connectivity index (χ2v) is 7.33. The maximum Gasteiger partial charge on any atom is 0.161 e. The minimum atomic E-state index is 0.666. The highest BCUT2D eigenvalue weighted by atomic mass is 79.9. The number of hydrogen-bond acceptors (Lipinski definition) is 4. The van der Waals surface area contributed by atoms with Crippen LogP contribution in [0.4, 0.5) is 0 Å². The third-order valence-electron chi connectivity index (χ3n) is 5.04. The van der Waals surface area contributed by atoms with E-state index < -0.39 is 0 Å². The minimum absolute atomic E-state index is 0.666. The van der Waals surface area contributed by atoms with Crippen LogP contribution in [0.2, 0.25) is 0 Å². The molecule has 1 N–H and O–H groups in total. The summed E-state index contributed by atoms with van der Waals surface area (Å²) >= 11 is 3.67. The number of ether oxygens (including phenoxy) is 2. The Morgan fingerprint density at radius 2 is 1.73 bits per heavy atom. The van der Waals surface area contributed by atoms with Crippen molar-refractivity contribution in [2.24, 2.45) is 0 Å². The van der Waals surface area contributed by atoms with Gasteiger partial charge < -0.3 is 14.8 Å². The molecule has 2 unspecified atom stereocenters. The summed E-state index contributed by atoms with van der Waals surface area (Å²) in [6.07, 6.45) is 5.21. The van der Waals surface area contributed by atoms with E-state index in [1.54, 1.807) is 14.2 Å². The van der Waals surface area contributed by atoms with Gasteiger partial charge in [-0.05, 0) is 50.4 Å². The number of nitrogens with one attached hydrogen (secondary N) is 1. The van der Waals surface area contributed by atoms with E-state index in [4.69, 9.17) is 9.47 Å². The number of fused-ring (bicyclic) bond motifs is 2. The molecule has 2 aliphatic rings. The summed E-state index contributed by atoms with van der Waals surface area (Å²) in [4.78, 5) is 2.48. The predicted molar refractivity (Wildman–Crippen MR) is 91.7 cm³/mol. The monoisotopic (exact) mass is 368 g/mol. The van der Waals surface area contributed by atoms with E-state index >= 15 is 0 Å². The van der Waals surface area contributed by atoms with E-state index in [2.05, 4.69) is 39.3 Å². The van der Waals surface area contributed by atoms with Gasteiger partial charge in [0, 0.05) is 29.1 Å². The minimum Gasteiger partial charge on any atom is -0.493 e. The van der Waals surface area contributed by atoms with Gasteiger partial charge in [-0.2, -0.15) is 0 Å². The lowest BCUT2D eigenvalue weighted by Crippen LogP contribution is -2.46. The van der Waals surface area contributed by atoms with Crippen LogP contribution in [-0.4, -0.2) is 44.3 Å². The van der Waals surface area contributed by atoms with Gasteiger partial charge in [-0.1, -0.05) is 15.9 Å². The molecule has 22 heavy (non-hydrogen) atoms. The zero-order valence-electron chi connectivity index (χ0n) is 13.6. The number of methoxy groups -OCH3 is 2. The highest BCUT2D eigenvalue weighted by Crippen LogP contribution is 2.35. The summed E-state index contributed by atoms with van der Waals surface area (Å²) < 4.78 is 11.9. The quantitative estimate of drug-likeness (QED) is 0.865. The highest BCUT2D eigenvalue weighted by molar-refractivity contribution is 9.10. The lowest BCUT2D eigenvalue weighted by atomic mass is 9.98. The maximum atomic E-state index is 5.43. The molecule has 2 fully saturated rings. The highest BCUT2D eigenvalue weighted by Gasteiger charge is 2.35. The Labute approximate surface area is 141 Å². The molecule has 2 saturated heterocycles. The van der Waals surface area contributed by atoms with Gasteiger partial charge in [-0.25, -0.2) is 0 Å². The first-order chi connectivity index (χ1) is 10.6. The predicted octanol–water partition coefficient (Wildman–Crippen LogP) is 3.18. The van der Waals surface area contributed by atoms with Gasteiger partial charge in [0.15, 0.2) is 11.5 Å². The number of piperidine rings is 1. The number of hydrogen-bond donors (Lipinski definition) is 1. The Morgan fingerprint density at radius 3 is 2.32 bits per heavy atom. The van der Waals surface area contributed by atoms with E-state index in [1.165, 1.54) is 31.2 Å². The average molecular weight is 369 g/mol. The summed E-state index contributed by atoms with van der Waals surface area (Å²) in [5.41, 5.74) is 1.24. The van der Waals surface area contributed by atoms with Crippen LogP contribution >= 0.6 is 15.9 Å². The number of rotatable bonds is 5. The van der Waals surface area contributed by atoms with Crippen LogP contribution in [0.3, 0.4) is 0 Å². The fourth-order valence-electron chi connectivity index (χ4n) is 3.80. The Bertz CT molecular complexity index is 526. The van der Waals surface area contributed by atoms with Crippen molar-refractivity contribution in [1.29, 1.82) is 0 Å². The zero-order chi connectivity index (χ0) is 15.7. The van der Waals surface area contributed by atoms with E-state index in [0.29, 0.717) is 6.04 Å². The maximum absolute atomic E-state index is 5.43. The van der Waals surface area contributed by atoms with E-state index in [-0.39, 0.29) is 0 Å². The van der Waals surface area contributed by atoms with Crippen LogP contribution in [-0.2, 0) is 6.54 Å². The van der Waals surface area contributed by atoms with Gasteiger partial charge in [0.2, 0.25) is 0 Å². The third-order valence-corrected chi connectivity index (χ3v) is 5.78. The van der Waals surface area contributed by atoms with Gasteiger partial charge >= 0.3 is 0 Å². The number of halogens is 1. The van der Waals surface area contributed by atoms with Crippen molar-refractivity contribution >= 4 is 15.9 Å². The first kappa shape index (κ1) is 16.1. The smallest absolute Gasteiger partial charge is 0.161 e. The molecule has 0 aliphatic carbocycles. The number of benzene rings is 1. The molecule has 2 atom stereocenters. The molecule has 0 spiro atoms. The Morgan fingerprint density at radius 1 is 1.14 bits per heavy atom. The van der Waals surface area contributed by atoms with E-state index in [1.807, 2.05) is 6.07 Å². The van der Waals surface area contributed by atoms with E-state index in [9.17, 15) is 0 Å². The van der Waals surface area contributed by atoms with Crippen molar-refractivity contribution in [3.63, 3.8) is 0 Å². The molecule has 0 radical (unpaired) electrons. The lowest BCUT2D eigenvalue weighted by Gasteiger charge is -2.35. The molecule has 1 aromatic carbocycles. The molecule has 122 valence electrons. The molecule has 0 aromatic heterocycles. The van der Waals surface area contributed by atoms with Crippen LogP contribution in [0.25, 0.3) is 0 Å². The van der Waals surface area contributed by atoms with Gasteiger partial charge in [0.25, 0.3) is 0 Å². The molecule has 0 amide bonds. The van der Waals surface area contributed by atoms with Gasteiger partial charge in [-0.15, -0.1) is 0 Å². The van der Waals surface area contributed by atoms with Crippen molar-refractivity contribution in [3.05, 3.63) is 22.2 Å². The standard InChI is InChI=1S/C17H25BrN2O2/c1-20(14-7-12-4-5-13(8-14)19-12)10-11-6-16(21-2)17(22-3)9-15(11)18/h6,9,12-14,19H,4-5,7-8,10H2,1-3H3. The molecule has 4 nitrogen and oxygen atoms in total. The first-order valence-electron chi connectivity index (χ1n) is 7.97. The lowest BCUT2D eigenvalue weighted by molar-refractivity contribution is 0.165. The molecule has 2 aliphatic heterocycles. The fraction of sp³-hybridized carbons (Fsp3) is 0.647. The van der Waals surface area contributed by atoms with Crippen molar-refractivity contribution in [2.45, 2.75) is 50.4 Å². The van der Waals surface area contributed by atoms with Crippen LogP contribution in [0.1, 0.15) is 31.2 Å². The second-order valence-electron chi connectivity index (χ2n) is 6.48. The van der Waals surface area contributed by atoms with Gasteiger partial charge in [0.05, 0.1) is 14.2 Å². The molecular formula is C17H25BrN2O2. The topological polar surface area (TPSA) is 33.7 Å². The molecule has 2 bridgehead atoms. The summed E-state index contributed by atoms with van der Waals surface area (Å²) in [6, 6.07) is 6.18. The van der Waals surface area contributed by atoms with Crippen LogP contribution in [0.15, 0.2) is 16.6 Å². The van der Waals surface area contributed by atoms with Gasteiger partial charge in [-0.3, -0.25) is 4.90 Å². The SMILES string of the molecule is COc1cc(Br)c(CN(C)C2CC3CCC(C2)N3)cc1OC. The van der Waals surface area contributed by atoms with Gasteiger partial charge in [0.1, 0.15) is 0 Å². The Hall–Kier alpha value is -0.780. The normalized spacial score (nSPS) is 27.2. The summed E-state index contributed by atoms with van der Waals surface area (Å²) in [7, 11) is 5.59. The fourth-order valence-corrected chi connectivity index (χ4v) is 4.25. The van der Waals surface area contributed by atoms with Crippen LogP contribution in [0, 0.1) is 0 Å². The number of nitrogens with zero attached hydrogens (tertiary/aromatic N) is 1. The van der Waals surface area contributed by atoms with Crippen molar-refractivity contribution < 1.29 is 9.47 Å². The van der Waals surface area contributed by atoms with Crippen LogP contribution < -0.4 is 14.8 Å². The van der Waals surface area contributed by atoms with E-state index in [0.717, 1.165) is 34.6 Å². The molecule has 5 heteroatoms. The second kappa shape index (κ2) is 6.77. The van der Waals surface area contributed by atoms with Crippen molar-refractivity contribution in [2.75, 3.05) is 21.3 Å². The summed E-state index contributed by atoms with van der Waals surface area (Å²) in [5, 5.41) is 3.71. The average Bonchev–Trinajstić information content (AvgIpc) is 2.86. The Balaban J connectivity index is 1.72. The molecule has 0 saturated carbocycles. The third kappa shape index (κ3) is 3.26. The molecular weight excluding hydrogens is 344 g/mol. The summed E-state index contributed by atoms with van der Waals surface area (Å²) in [5.74, 6) is 1.56. The Kier molecular flexibility index (Phi) is 4.95. The summed E-state index contributed by atoms with van der Waals surface area (Å²) in [6.45, 7) is 0.922. The zero-order valence-corrected chi connectivity index (χ0v) is 15.1. The first-order valence-corrected chi connectivity index (χ1v) is 8.76. The molecule has 1 aromatic rings. The van der Waals surface area contributed by atoms with Crippen molar-refractivity contribution in [3.8, 4) is 11.5 Å². The van der Waals surface area contributed by atoms with Crippen molar-refractivity contribution in [1.82, 2.24) is 10.2 Å². The largest absolute Gasteiger partial charge is 0.493 e. The van der Waals surface area contributed by atoms with Crippen LogP contribution in [0.5, 0.6) is 11.5 Å².